The number of rotatable bonds is 6. The molecule has 3 heterocycles. The van der Waals surface area contributed by atoms with Crippen LogP contribution in [0.2, 0.25) is 0 Å². The SMILES string of the molecule is C[C@H](NC(=O)OC(C)(C)C)C(=O)N1CCC[C@@H]1CN(C)c1ncc(B2OC(C)(C)C(C)(C)O2)cn1. The van der Waals surface area contributed by atoms with E-state index in [4.69, 9.17) is 14.0 Å². The van der Waals surface area contributed by atoms with E-state index in [9.17, 15) is 9.59 Å². The summed E-state index contributed by atoms with van der Waals surface area (Å²) in [4.78, 5) is 37.9. The van der Waals surface area contributed by atoms with Gasteiger partial charge in [0.15, 0.2) is 0 Å². The monoisotopic (exact) mass is 489 g/mol. The summed E-state index contributed by atoms with van der Waals surface area (Å²) in [6.07, 6.45) is 4.64. The van der Waals surface area contributed by atoms with Crippen molar-refractivity contribution >= 4 is 30.5 Å². The zero-order chi connectivity index (χ0) is 26.2. The molecule has 0 aliphatic carbocycles. The number of nitrogens with zero attached hydrogens (tertiary/aromatic N) is 4. The van der Waals surface area contributed by atoms with Gasteiger partial charge in [0.2, 0.25) is 11.9 Å². The molecule has 2 aliphatic rings. The van der Waals surface area contributed by atoms with Crippen molar-refractivity contribution in [3.8, 4) is 0 Å². The van der Waals surface area contributed by atoms with Gasteiger partial charge in [-0.2, -0.15) is 0 Å². The van der Waals surface area contributed by atoms with Crippen molar-refractivity contribution in [2.45, 2.75) is 97.1 Å². The van der Waals surface area contributed by atoms with Crippen LogP contribution in [0.15, 0.2) is 12.4 Å². The number of amides is 2. The van der Waals surface area contributed by atoms with Crippen molar-refractivity contribution in [3.63, 3.8) is 0 Å². The zero-order valence-electron chi connectivity index (χ0n) is 22.5. The molecule has 2 amide bonds. The molecule has 0 spiro atoms. The molecule has 11 heteroatoms. The van der Waals surface area contributed by atoms with Crippen LogP contribution in [0.5, 0.6) is 0 Å². The fourth-order valence-corrected chi connectivity index (χ4v) is 4.14. The number of alkyl carbamates (subject to hydrolysis) is 1. The first-order valence-electron chi connectivity index (χ1n) is 12.3. The number of carbonyl (C=O) groups is 2. The van der Waals surface area contributed by atoms with E-state index in [2.05, 4.69) is 15.3 Å². The van der Waals surface area contributed by atoms with E-state index in [0.29, 0.717) is 19.0 Å². The minimum atomic E-state index is -0.675. The molecule has 1 N–H and O–H groups in total. The third kappa shape index (κ3) is 6.44. The number of ether oxygens (including phenoxy) is 1. The first-order valence-corrected chi connectivity index (χ1v) is 12.3. The third-order valence-corrected chi connectivity index (χ3v) is 6.77. The molecular weight excluding hydrogens is 449 g/mol. The van der Waals surface area contributed by atoms with Crippen LogP contribution in [0.3, 0.4) is 0 Å². The molecule has 3 rings (SSSR count). The second-order valence-electron chi connectivity index (χ2n) is 11.5. The first kappa shape index (κ1) is 27.2. The summed E-state index contributed by atoms with van der Waals surface area (Å²) in [5.74, 6) is 0.438. The average molecular weight is 489 g/mol. The maximum absolute atomic E-state index is 13.0. The third-order valence-electron chi connectivity index (χ3n) is 6.77. The van der Waals surface area contributed by atoms with Gasteiger partial charge in [-0.25, -0.2) is 14.8 Å². The maximum atomic E-state index is 13.0. The lowest BCUT2D eigenvalue weighted by Crippen LogP contribution is -2.51. The van der Waals surface area contributed by atoms with Gasteiger partial charge in [0.05, 0.1) is 11.2 Å². The number of nitrogens with one attached hydrogen (secondary N) is 1. The lowest BCUT2D eigenvalue weighted by atomic mass is 9.81. The van der Waals surface area contributed by atoms with E-state index in [1.807, 2.05) is 44.5 Å². The van der Waals surface area contributed by atoms with Crippen LogP contribution < -0.4 is 15.7 Å². The molecule has 0 unspecified atom stereocenters. The number of likely N-dealkylation sites (N-methyl/N-ethyl adjacent to an activating group) is 1. The zero-order valence-corrected chi connectivity index (χ0v) is 22.5. The maximum Gasteiger partial charge on any atom is 0.498 e. The molecule has 2 saturated heterocycles. The van der Waals surface area contributed by atoms with Crippen LogP contribution in [0.25, 0.3) is 0 Å². The Bertz CT molecular complexity index is 902. The Labute approximate surface area is 209 Å². The number of aromatic nitrogens is 2. The molecule has 194 valence electrons. The summed E-state index contributed by atoms with van der Waals surface area (Å²) < 4.78 is 17.4. The van der Waals surface area contributed by atoms with Gasteiger partial charge in [0, 0.05) is 44.0 Å². The van der Waals surface area contributed by atoms with Gasteiger partial charge in [0.25, 0.3) is 0 Å². The van der Waals surface area contributed by atoms with Gasteiger partial charge in [-0.3, -0.25) is 4.79 Å². The van der Waals surface area contributed by atoms with Crippen LogP contribution in [-0.2, 0) is 18.8 Å². The fraction of sp³-hybridized carbons (Fsp3) is 0.750. The van der Waals surface area contributed by atoms with Gasteiger partial charge < -0.3 is 29.2 Å². The van der Waals surface area contributed by atoms with E-state index >= 15 is 0 Å². The highest BCUT2D eigenvalue weighted by Gasteiger charge is 2.52. The summed E-state index contributed by atoms with van der Waals surface area (Å²) in [5.41, 5.74) is -0.716. The number of hydrogen-bond acceptors (Lipinski definition) is 8. The topological polar surface area (TPSA) is 106 Å². The Morgan fingerprint density at radius 1 is 1.23 bits per heavy atom. The van der Waals surface area contributed by atoms with E-state index in [0.717, 1.165) is 18.3 Å². The molecule has 2 fully saturated rings. The Kier molecular flexibility index (Phi) is 7.71. The van der Waals surface area contributed by atoms with Crippen molar-refractivity contribution in [2.24, 2.45) is 0 Å². The molecule has 35 heavy (non-hydrogen) atoms. The standard InChI is InChI=1S/C24H40BN5O5/c1-16(28-21(32)33-22(2,3)4)19(31)30-12-10-11-18(30)15-29(9)20-26-13-17(14-27-20)25-34-23(5,6)24(7,8)35-25/h13-14,16,18H,10-12,15H2,1-9H3,(H,28,32)/t16-,18+/m0/s1. The van der Waals surface area contributed by atoms with Crippen molar-refractivity contribution < 1.29 is 23.6 Å². The normalized spacial score (nSPS) is 22.1. The Morgan fingerprint density at radius 3 is 2.34 bits per heavy atom. The summed E-state index contributed by atoms with van der Waals surface area (Å²) in [5, 5.41) is 2.65. The van der Waals surface area contributed by atoms with Gasteiger partial charge in [-0.05, 0) is 68.2 Å². The van der Waals surface area contributed by atoms with Gasteiger partial charge >= 0.3 is 13.2 Å². The van der Waals surface area contributed by atoms with E-state index < -0.39 is 36.1 Å². The predicted molar refractivity (Wildman–Crippen MR) is 135 cm³/mol. The molecule has 2 atom stereocenters. The van der Waals surface area contributed by atoms with Crippen LogP contribution in [0.1, 0.15) is 68.2 Å². The largest absolute Gasteiger partial charge is 0.498 e. The number of carbonyl (C=O) groups excluding carboxylic acids is 2. The highest BCUT2D eigenvalue weighted by Crippen LogP contribution is 2.36. The summed E-state index contributed by atoms with van der Waals surface area (Å²) in [6, 6.07) is -0.673. The van der Waals surface area contributed by atoms with E-state index in [1.165, 1.54) is 0 Å². The molecular formula is C24H40BN5O5. The highest BCUT2D eigenvalue weighted by molar-refractivity contribution is 6.61. The summed E-state index contributed by atoms with van der Waals surface area (Å²) in [6.45, 7) is 16.3. The first-order chi connectivity index (χ1) is 16.1. The second kappa shape index (κ2) is 9.93. The molecule has 0 bridgehead atoms. The van der Waals surface area contributed by atoms with Crippen LogP contribution >= 0.6 is 0 Å². The molecule has 0 saturated carbocycles. The molecule has 0 radical (unpaired) electrons. The summed E-state index contributed by atoms with van der Waals surface area (Å²) >= 11 is 0. The lowest BCUT2D eigenvalue weighted by molar-refractivity contribution is -0.133. The van der Waals surface area contributed by atoms with Crippen molar-refractivity contribution in [1.29, 1.82) is 0 Å². The van der Waals surface area contributed by atoms with Crippen LogP contribution in [0.4, 0.5) is 10.7 Å². The van der Waals surface area contributed by atoms with Crippen molar-refractivity contribution in [3.05, 3.63) is 12.4 Å². The summed E-state index contributed by atoms with van der Waals surface area (Å²) in [7, 11) is 1.40. The smallest absolute Gasteiger partial charge is 0.444 e. The molecule has 2 aliphatic heterocycles. The molecule has 0 aromatic carbocycles. The molecule has 1 aromatic rings. The van der Waals surface area contributed by atoms with Crippen LogP contribution in [0, 0.1) is 0 Å². The molecule has 1 aromatic heterocycles. The van der Waals surface area contributed by atoms with E-state index in [-0.39, 0.29) is 11.9 Å². The predicted octanol–water partition coefficient (Wildman–Crippen LogP) is 2.12. The Hall–Kier alpha value is -2.40. The van der Waals surface area contributed by atoms with Crippen molar-refractivity contribution in [1.82, 2.24) is 20.2 Å². The van der Waals surface area contributed by atoms with E-state index in [1.54, 1.807) is 40.1 Å². The lowest BCUT2D eigenvalue weighted by Gasteiger charge is -2.32. The number of hydrogen-bond donors (Lipinski definition) is 1. The van der Waals surface area contributed by atoms with Gasteiger partial charge in [-0.1, -0.05) is 0 Å². The number of anilines is 1. The highest BCUT2D eigenvalue weighted by atomic mass is 16.7. The quantitative estimate of drug-likeness (QED) is 0.606. The van der Waals surface area contributed by atoms with Crippen molar-refractivity contribution in [2.75, 3.05) is 25.0 Å². The molecule has 10 nitrogen and oxygen atoms in total. The Balaban J connectivity index is 1.58. The minimum Gasteiger partial charge on any atom is -0.444 e. The van der Waals surface area contributed by atoms with Crippen LogP contribution in [-0.4, -0.2) is 83.0 Å². The fourth-order valence-electron chi connectivity index (χ4n) is 4.14. The average Bonchev–Trinajstić information content (AvgIpc) is 3.27. The second-order valence-corrected chi connectivity index (χ2v) is 11.5. The Morgan fingerprint density at radius 2 is 1.80 bits per heavy atom. The van der Waals surface area contributed by atoms with Gasteiger partial charge in [-0.15, -0.1) is 0 Å². The van der Waals surface area contributed by atoms with Gasteiger partial charge in [0.1, 0.15) is 11.6 Å². The minimum absolute atomic E-state index is 0.00163. The number of likely N-dealkylation sites (tertiary alicyclic amines) is 1.